The number of nitrogens with zero attached hydrogens (tertiary/aromatic N) is 1. The second-order valence-corrected chi connectivity index (χ2v) is 4.62. The lowest BCUT2D eigenvalue weighted by Crippen LogP contribution is -2.30. The fourth-order valence-electron chi connectivity index (χ4n) is 1.69. The minimum atomic E-state index is 0.0943. The SMILES string of the molecule is CCN(CC)CCC(=O)NCc1ccc(Cl)cc1. The van der Waals surface area contributed by atoms with Crippen molar-refractivity contribution in [2.45, 2.75) is 26.8 Å². The monoisotopic (exact) mass is 268 g/mol. The van der Waals surface area contributed by atoms with Gasteiger partial charge in [-0.05, 0) is 30.8 Å². The lowest BCUT2D eigenvalue weighted by Gasteiger charge is -2.17. The van der Waals surface area contributed by atoms with Gasteiger partial charge in [0.05, 0.1) is 0 Å². The van der Waals surface area contributed by atoms with Crippen molar-refractivity contribution in [2.75, 3.05) is 19.6 Å². The highest BCUT2D eigenvalue weighted by Gasteiger charge is 2.04. The Morgan fingerprint density at radius 2 is 1.83 bits per heavy atom. The van der Waals surface area contributed by atoms with Gasteiger partial charge in [0.2, 0.25) is 5.91 Å². The highest BCUT2D eigenvalue weighted by atomic mass is 35.5. The second-order valence-electron chi connectivity index (χ2n) is 4.18. The zero-order valence-electron chi connectivity index (χ0n) is 11.1. The molecule has 0 bridgehead atoms. The van der Waals surface area contributed by atoms with Crippen LogP contribution in [0.25, 0.3) is 0 Å². The molecule has 1 aromatic rings. The highest BCUT2D eigenvalue weighted by Crippen LogP contribution is 2.09. The molecule has 1 N–H and O–H groups in total. The summed E-state index contributed by atoms with van der Waals surface area (Å²) < 4.78 is 0. The van der Waals surface area contributed by atoms with Crippen molar-refractivity contribution in [1.82, 2.24) is 10.2 Å². The third-order valence-corrected chi connectivity index (χ3v) is 3.20. The van der Waals surface area contributed by atoms with Crippen LogP contribution in [-0.2, 0) is 11.3 Å². The molecule has 0 fully saturated rings. The van der Waals surface area contributed by atoms with Crippen molar-refractivity contribution in [3.05, 3.63) is 34.9 Å². The van der Waals surface area contributed by atoms with Crippen molar-refractivity contribution < 1.29 is 4.79 Å². The molecule has 0 aliphatic carbocycles. The first-order valence-electron chi connectivity index (χ1n) is 6.39. The first-order chi connectivity index (χ1) is 8.65. The first kappa shape index (κ1) is 15.0. The van der Waals surface area contributed by atoms with Crippen molar-refractivity contribution in [1.29, 1.82) is 0 Å². The molecule has 0 atom stereocenters. The Kier molecular flexibility index (Phi) is 6.76. The maximum absolute atomic E-state index is 11.7. The molecule has 100 valence electrons. The summed E-state index contributed by atoms with van der Waals surface area (Å²) in [4.78, 5) is 13.9. The van der Waals surface area contributed by atoms with Crippen molar-refractivity contribution in [3.63, 3.8) is 0 Å². The van der Waals surface area contributed by atoms with Gasteiger partial charge < -0.3 is 10.2 Å². The molecule has 0 aliphatic rings. The number of halogens is 1. The smallest absolute Gasteiger partial charge is 0.221 e. The van der Waals surface area contributed by atoms with E-state index in [0.717, 1.165) is 25.2 Å². The number of benzene rings is 1. The first-order valence-corrected chi connectivity index (χ1v) is 6.77. The Hall–Kier alpha value is -1.06. The summed E-state index contributed by atoms with van der Waals surface area (Å²) in [5, 5.41) is 3.63. The Balaban J connectivity index is 2.26. The van der Waals surface area contributed by atoms with E-state index >= 15 is 0 Å². The summed E-state index contributed by atoms with van der Waals surface area (Å²) in [6, 6.07) is 7.51. The molecule has 18 heavy (non-hydrogen) atoms. The van der Waals surface area contributed by atoms with Gasteiger partial charge in [-0.2, -0.15) is 0 Å². The van der Waals surface area contributed by atoms with E-state index in [0.29, 0.717) is 18.0 Å². The van der Waals surface area contributed by atoms with E-state index in [1.165, 1.54) is 0 Å². The molecule has 1 amide bonds. The molecular weight excluding hydrogens is 248 g/mol. The molecule has 0 spiro atoms. The molecule has 0 saturated carbocycles. The predicted molar refractivity (Wildman–Crippen MR) is 75.7 cm³/mol. The summed E-state index contributed by atoms with van der Waals surface area (Å²) in [6.07, 6.45) is 0.551. The van der Waals surface area contributed by atoms with Crippen LogP contribution in [0, 0.1) is 0 Å². The van der Waals surface area contributed by atoms with Gasteiger partial charge in [0.1, 0.15) is 0 Å². The Morgan fingerprint density at radius 3 is 2.39 bits per heavy atom. The van der Waals surface area contributed by atoms with Gasteiger partial charge in [-0.15, -0.1) is 0 Å². The molecule has 0 heterocycles. The summed E-state index contributed by atoms with van der Waals surface area (Å²) in [5.41, 5.74) is 1.07. The molecule has 1 rings (SSSR count). The Morgan fingerprint density at radius 1 is 1.22 bits per heavy atom. The molecule has 3 nitrogen and oxygen atoms in total. The van der Waals surface area contributed by atoms with Gasteiger partial charge in [-0.25, -0.2) is 0 Å². The zero-order chi connectivity index (χ0) is 13.4. The maximum Gasteiger partial charge on any atom is 0.221 e. The van der Waals surface area contributed by atoms with E-state index in [1.807, 2.05) is 24.3 Å². The molecular formula is C14H21ClN2O. The molecule has 0 radical (unpaired) electrons. The number of hydrogen-bond acceptors (Lipinski definition) is 2. The molecule has 0 aromatic heterocycles. The molecule has 1 aromatic carbocycles. The molecule has 0 saturated heterocycles. The average Bonchev–Trinajstić information content (AvgIpc) is 2.39. The number of carbonyl (C=O) groups excluding carboxylic acids is 1. The van der Waals surface area contributed by atoms with E-state index in [1.54, 1.807) is 0 Å². The quantitative estimate of drug-likeness (QED) is 0.825. The van der Waals surface area contributed by atoms with E-state index in [-0.39, 0.29) is 5.91 Å². The second kappa shape index (κ2) is 8.11. The minimum absolute atomic E-state index is 0.0943. The number of rotatable bonds is 7. The van der Waals surface area contributed by atoms with Crippen LogP contribution in [0.3, 0.4) is 0 Å². The van der Waals surface area contributed by atoms with Gasteiger partial charge in [-0.3, -0.25) is 4.79 Å². The van der Waals surface area contributed by atoms with Crippen molar-refractivity contribution in [2.24, 2.45) is 0 Å². The van der Waals surface area contributed by atoms with E-state index in [2.05, 4.69) is 24.1 Å². The van der Waals surface area contributed by atoms with Crippen LogP contribution in [0.4, 0.5) is 0 Å². The van der Waals surface area contributed by atoms with Crippen LogP contribution in [0.5, 0.6) is 0 Å². The zero-order valence-corrected chi connectivity index (χ0v) is 11.8. The average molecular weight is 269 g/mol. The number of nitrogens with one attached hydrogen (secondary N) is 1. The third kappa shape index (κ3) is 5.52. The van der Waals surface area contributed by atoms with Gasteiger partial charge in [0.15, 0.2) is 0 Å². The van der Waals surface area contributed by atoms with E-state index < -0.39 is 0 Å². The van der Waals surface area contributed by atoms with Gasteiger partial charge >= 0.3 is 0 Å². The number of hydrogen-bond donors (Lipinski definition) is 1. The largest absolute Gasteiger partial charge is 0.352 e. The lowest BCUT2D eigenvalue weighted by molar-refractivity contribution is -0.121. The predicted octanol–water partition coefficient (Wildman–Crippen LogP) is 2.69. The fourth-order valence-corrected chi connectivity index (χ4v) is 1.82. The Bertz CT molecular complexity index is 361. The summed E-state index contributed by atoms with van der Waals surface area (Å²) in [6.45, 7) is 7.57. The maximum atomic E-state index is 11.7. The van der Waals surface area contributed by atoms with Crippen molar-refractivity contribution >= 4 is 17.5 Å². The number of carbonyl (C=O) groups is 1. The Labute approximate surface area is 114 Å². The van der Waals surface area contributed by atoms with Crippen LogP contribution in [0.2, 0.25) is 5.02 Å². The van der Waals surface area contributed by atoms with Crippen LogP contribution < -0.4 is 5.32 Å². The van der Waals surface area contributed by atoms with Crippen LogP contribution in [-0.4, -0.2) is 30.4 Å². The summed E-state index contributed by atoms with van der Waals surface area (Å²) in [5.74, 6) is 0.0943. The van der Waals surface area contributed by atoms with Crippen LogP contribution >= 0.6 is 11.6 Å². The van der Waals surface area contributed by atoms with Crippen molar-refractivity contribution in [3.8, 4) is 0 Å². The van der Waals surface area contributed by atoms with Gasteiger partial charge in [0.25, 0.3) is 0 Å². The lowest BCUT2D eigenvalue weighted by atomic mass is 10.2. The van der Waals surface area contributed by atoms with E-state index in [4.69, 9.17) is 11.6 Å². The van der Waals surface area contributed by atoms with E-state index in [9.17, 15) is 4.79 Å². The molecule has 0 unspecified atom stereocenters. The summed E-state index contributed by atoms with van der Waals surface area (Å²) in [7, 11) is 0. The van der Waals surface area contributed by atoms with Gasteiger partial charge in [0, 0.05) is 24.5 Å². The molecule has 4 heteroatoms. The highest BCUT2D eigenvalue weighted by molar-refractivity contribution is 6.30. The third-order valence-electron chi connectivity index (χ3n) is 2.95. The topological polar surface area (TPSA) is 32.3 Å². The van der Waals surface area contributed by atoms with Crippen LogP contribution in [0.1, 0.15) is 25.8 Å². The minimum Gasteiger partial charge on any atom is -0.352 e. The molecule has 0 aliphatic heterocycles. The van der Waals surface area contributed by atoms with Crippen LogP contribution in [0.15, 0.2) is 24.3 Å². The van der Waals surface area contributed by atoms with Gasteiger partial charge in [-0.1, -0.05) is 37.6 Å². The fraction of sp³-hybridized carbons (Fsp3) is 0.500. The number of amides is 1. The summed E-state index contributed by atoms with van der Waals surface area (Å²) >= 11 is 5.80. The standard InChI is InChI=1S/C14H21ClN2O/c1-3-17(4-2)10-9-14(18)16-11-12-5-7-13(15)8-6-12/h5-8H,3-4,9-11H2,1-2H3,(H,16,18). The normalized spacial score (nSPS) is 10.7.